The normalized spacial score (nSPS) is 12.8. The van der Waals surface area contributed by atoms with Crippen LogP contribution in [-0.2, 0) is 0 Å². The molecule has 1 N–H and O–H groups in total. The van der Waals surface area contributed by atoms with Gasteiger partial charge in [-0.05, 0) is 36.8 Å². The number of halogens is 4. The van der Waals surface area contributed by atoms with Crippen molar-refractivity contribution in [1.29, 1.82) is 0 Å². The van der Waals surface area contributed by atoms with E-state index in [4.69, 9.17) is 0 Å². The summed E-state index contributed by atoms with van der Waals surface area (Å²) in [6.45, 7) is 1.93. The number of hydrogen-bond donors (Lipinski definition) is 1. The molecule has 21 heavy (non-hydrogen) atoms. The van der Waals surface area contributed by atoms with Gasteiger partial charge in [-0.1, -0.05) is 34.1 Å². The van der Waals surface area contributed by atoms with Crippen LogP contribution in [0.1, 0.15) is 18.5 Å². The molecular formula is C15H13BrF3NO. The Labute approximate surface area is 129 Å². The van der Waals surface area contributed by atoms with Crippen LogP contribution < -0.4 is 10.1 Å². The van der Waals surface area contributed by atoms with Crippen LogP contribution in [0.15, 0.2) is 53.0 Å². The van der Waals surface area contributed by atoms with Gasteiger partial charge in [0.2, 0.25) is 0 Å². The molecule has 2 nitrogen and oxygen atoms in total. The van der Waals surface area contributed by atoms with Gasteiger partial charge in [0.05, 0.1) is 0 Å². The lowest BCUT2D eigenvalue weighted by molar-refractivity contribution is -0.274. The number of anilines is 1. The second-order valence-electron chi connectivity index (χ2n) is 4.49. The summed E-state index contributed by atoms with van der Waals surface area (Å²) in [4.78, 5) is 0. The van der Waals surface area contributed by atoms with E-state index in [1.165, 1.54) is 18.2 Å². The Bertz CT molecular complexity index is 599. The lowest BCUT2D eigenvalue weighted by Crippen LogP contribution is -2.17. The van der Waals surface area contributed by atoms with E-state index in [-0.39, 0.29) is 11.8 Å². The van der Waals surface area contributed by atoms with Crippen molar-refractivity contribution in [2.45, 2.75) is 19.3 Å². The number of rotatable bonds is 4. The average Bonchev–Trinajstić information content (AvgIpc) is 2.37. The van der Waals surface area contributed by atoms with E-state index in [0.717, 1.165) is 10.0 Å². The van der Waals surface area contributed by atoms with Gasteiger partial charge in [-0.3, -0.25) is 0 Å². The van der Waals surface area contributed by atoms with Gasteiger partial charge in [-0.2, -0.15) is 0 Å². The van der Waals surface area contributed by atoms with Crippen LogP contribution in [0.3, 0.4) is 0 Å². The Kier molecular flexibility index (Phi) is 4.77. The van der Waals surface area contributed by atoms with Gasteiger partial charge in [0.15, 0.2) is 0 Å². The lowest BCUT2D eigenvalue weighted by Gasteiger charge is -2.17. The molecule has 0 bridgehead atoms. The topological polar surface area (TPSA) is 21.3 Å². The quantitative estimate of drug-likeness (QED) is 0.775. The number of hydrogen-bond acceptors (Lipinski definition) is 2. The molecule has 0 spiro atoms. The summed E-state index contributed by atoms with van der Waals surface area (Å²) in [5.41, 5.74) is 1.59. The largest absolute Gasteiger partial charge is 0.573 e. The van der Waals surface area contributed by atoms with Gasteiger partial charge < -0.3 is 10.1 Å². The molecule has 0 heterocycles. The monoisotopic (exact) mass is 359 g/mol. The number of nitrogens with one attached hydrogen (secondary N) is 1. The minimum absolute atomic E-state index is 0.0424. The zero-order chi connectivity index (χ0) is 15.5. The van der Waals surface area contributed by atoms with E-state index in [0.29, 0.717) is 5.69 Å². The van der Waals surface area contributed by atoms with Crippen molar-refractivity contribution < 1.29 is 17.9 Å². The highest BCUT2D eigenvalue weighted by atomic mass is 79.9. The van der Waals surface area contributed by atoms with E-state index >= 15 is 0 Å². The van der Waals surface area contributed by atoms with E-state index in [2.05, 4.69) is 26.0 Å². The highest BCUT2D eigenvalue weighted by Crippen LogP contribution is 2.27. The van der Waals surface area contributed by atoms with E-state index in [1.54, 1.807) is 6.07 Å². The molecule has 6 heteroatoms. The zero-order valence-corrected chi connectivity index (χ0v) is 12.7. The summed E-state index contributed by atoms with van der Waals surface area (Å²) in [6, 6.07) is 13.5. The molecule has 1 unspecified atom stereocenters. The van der Waals surface area contributed by atoms with Crippen molar-refractivity contribution in [2.75, 3.05) is 5.32 Å². The third-order valence-corrected chi connectivity index (χ3v) is 3.35. The third-order valence-electron chi connectivity index (χ3n) is 2.82. The highest BCUT2D eigenvalue weighted by molar-refractivity contribution is 9.10. The van der Waals surface area contributed by atoms with E-state index in [1.807, 2.05) is 31.2 Å². The fourth-order valence-corrected chi connectivity index (χ4v) is 2.13. The molecule has 2 rings (SSSR count). The van der Waals surface area contributed by atoms with Gasteiger partial charge >= 0.3 is 6.36 Å². The molecule has 112 valence electrons. The first-order valence-corrected chi connectivity index (χ1v) is 7.00. The molecule has 0 aliphatic carbocycles. The van der Waals surface area contributed by atoms with Crippen LogP contribution in [0.25, 0.3) is 0 Å². The first-order chi connectivity index (χ1) is 9.83. The molecule has 0 amide bonds. The highest BCUT2D eigenvalue weighted by Gasteiger charge is 2.31. The van der Waals surface area contributed by atoms with Crippen molar-refractivity contribution in [1.82, 2.24) is 0 Å². The first-order valence-electron chi connectivity index (χ1n) is 6.21. The van der Waals surface area contributed by atoms with Crippen LogP contribution in [-0.4, -0.2) is 6.36 Å². The maximum atomic E-state index is 12.2. The molecule has 0 aliphatic rings. The van der Waals surface area contributed by atoms with Crippen molar-refractivity contribution in [3.05, 3.63) is 58.6 Å². The van der Waals surface area contributed by atoms with Gasteiger partial charge in [-0.25, -0.2) is 0 Å². The second-order valence-corrected chi connectivity index (χ2v) is 5.41. The zero-order valence-electron chi connectivity index (χ0n) is 11.1. The summed E-state index contributed by atoms with van der Waals surface area (Å²) in [6.07, 6.45) is -4.68. The van der Waals surface area contributed by atoms with E-state index in [9.17, 15) is 13.2 Å². The Morgan fingerprint density at radius 3 is 2.38 bits per heavy atom. The second kappa shape index (κ2) is 6.39. The molecule has 0 fully saturated rings. The molecule has 0 aromatic heterocycles. The maximum absolute atomic E-state index is 12.2. The predicted molar refractivity (Wildman–Crippen MR) is 79.3 cm³/mol. The smallest absolute Gasteiger partial charge is 0.406 e. The fourth-order valence-electron chi connectivity index (χ4n) is 1.87. The summed E-state index contributed by atoms with van der Waals surface area (Å²) < 4.78 is 41.4. The molecule has 2 aromatic carbocycles. The number of alkyl halides is 3. The Morgan fingerprint density at radius 2 is 1.76 bits per heavy atom. The molecule has 0 saturated heterocycles. The Balaban J connectivity index is 2.08. The molecular weight excluding hydrogens is 347 g/mol. The maximum Gasteiger partial charge on any atom is 0.573 e. The van der Waals surface area contributed by atoms with Crippen LogP contribution in [0.2, 0.25) is 0 Å². The van der Waals surface area contributed by atoms with Crippen molar-refractivity contribution in [3.8, 4) is 5.75 Å². The van der Waals surface area contributed by atoms with Gasteiger partial charge in [0, 0.05) is 22.3 Å². The third kappa shape index (κ3) is 4.97. The Morgan fingerprint density at radius 1 is 1.10 bits per heavy atom. The standard InChI is InChI=1S/C15H13BrF3NO/c1-10(11-5-7-12(16)8-6-11)20-13-3-2-4-14(9-13)21-15(17,18)19/h2-10,20H,1H3. The van der Waals surface area contributed by atoms with Gasteiger partial charge in [0.25, 0.3) is 0 Å². The minimum atomic E-state index is -4.68. The van der Waals surface area contributed by atoms with Crippen molar-refractivity contribution in [3.63, 3.8) is 0 Å². The molecule has 1 atom stereocenters. The molecule has 0 saturated carbocycles. The van der Waals surface area contributed by atoms with Crippen LogP contribution in [0.5, 0.6) is 5.75 Å². The fraction of sp³-hybridized carbons (Fsp3) is 0.200. The number of ether oxygens (including phenoxy) is 1. The summed E-state index contributed by atoms with van der Waals surface area (Å²) in [5, 5.41) is 3.14. The summed E-state index contributed by atoms with van der Waals surface area (Å²) in [7, 11) is 0. The SMILES string of the molecule is CC(Nc1cccc(OC(F)(F)F)c1)c1ccc(Br)cc1. The van der Waals surface area contributed by atoms with E-state index < -0.39 is 6.36 Å². The van der Waals surface area contributed by atoms with Gasteiger partial charge in [0.1, 0.15) is 5.75 Å². The Hall–Kier alpha value is -1.69. The molecule has 0 radical (unpaired) electrons. The summed E-state index contributed by atoms with van der Waals surface area (Å²) >= 11 is 3.36. The molecule has 0 aliphatic heterocycles. The average molecular weight is 360 g/mol. The number of benzene rings is 2. The summed E-state index contributed by atoms with van der Waals surface area (Å²) in [5.74, 6) is -0.240. The van der Waals surface area contributed by atoms with Gasteiger partial charge in [-0.15, -0.1) is 13.2 Å². The van der Waals surface area contributed by atoms with Crippen LogP contribution in [0.4, 0.5) is 18.9 Å². The first kappa shape index (κ1) is 15.7. The van der Waals surface area contributed by atoms with Crippen molar-refractivity contribution >= 4 is 21.6 Å². The predicted octanol–water partition coefficient (Wildman–Crippen LogP) is 5.52. The van der Waals surface area contributed by atoms with Crippen LogP contribution in [0, 0.1) is 0 Å². The van der Waals surface area contributed by atoms with Crippen molar-refractivity contribution in [2.24, 2.45) is 0 Å². The molecule has 2 aromatic rings. The minimum Gasteiger partial charge on any atom is -0.406 e. The lowest BCUT2D eigenvalue weighted by atomic mass is 10.1. The van der Waals surface area contributed by atoms with Crippen LogP contribution >= 0.6 is 15.9 Å².